The summed E-state index contributed by atoms with van der Waals surface area (Å²) in [6.07, 6.45) is 1.01. The average Bonchev–Trinajstić information content (AvgIpc) is 2.57. The minimum absolute atomic E-state index is 0.329. The van der Waals surface area contributed by atoms with Crippen LogP contribution < -0.4 is 0 Å². The quantitative estimate of drug-likeness (QED) is 0.811. The Bertz CT molecular complexity index is 584. The molecule has 1 aromatic heterocycles. The molecule has 0 bridgehead atoms. The maximum absolute atomic E-state index is 10.7. The Kier molecular flexibility index (Phi) is 2.07. The summed E-state index contributed by atoms with van der Waals surface area (Å²) in [6, 6.07) is 6.21. The lowest BCUT2D eigenvalue weighted by Gasteiger charge is -2.37. The third kappa shape index (κ3) is 1.54. The highest BCUT2D eigenvalue weighted by molar-refractivity contribution is 5.79. The highest BCUT2D eigenvalue weighted by Crippen LogP contribution is 2.29. The van der Waals surface area contributed by atoms with Gasteiger partial charge in [0.15, 0.2) is 0 Å². The zero-order chi connectivity index (χ0) is 12.0. The molecular weight excluding hydrogens is 218 g/mol. The summed E-state index contributed by atoms with van der Waals surface area (Å²) in [7, 11) is 1.91. The maximum Gasteiger partial charge on any atom is 0.407 e. The van der Waals surface area contributed by atoms with Crippen molar-refractivity contribution >= 4 is 17.0 Å². The number of carboxylic acid groups (broad SMARTS) is 1. The topological polar surface area (TPSA) is 58.4 Å². The van der Waals surface area contributed by atoms with Gasteiger partial charge in [-0.25, -0.2) is 4.79 Å². The molecule has 1 amide bonds. The summed E-state index contributed by atoms with van der Waals surface area (Å²) in [5.41, 5.74) is 2.30. The van der Waals surface area contributed by atoms with Gasteiger partial charge < -0.3 is 10.0 Å². The first-order valence-electron chi connectivity index (χ1n) is 5.54. The Hall–Kier alpha value is -2.04. The van der Waals surface area contributed by atoms with Crippen LogP contribution in [0.15, 0.2) is 24.4 Å². The van der Waals surface area contributed by atoms with Crippen molar-refractivity contribution in [1.29, 1.82) is 0 Å². The molecule has 0 atom stereocenters. The van der Waals surface area contributed by atoms with Crippen LogP contribution in [-0.2, 0) is 7.05 Å². The van der Waals surface area contributed by atoms with Crippen LogP contribution in [0.2, 0.25) is 0 Å². The van der Waals surface area contributed by atoms with Crippen molar-refractivity contribution in [3.05, 3.63) is 30.0 Å². The number of aromatic nitrogens is 2. The van der Waals surface area contributed by atoms with E-state index in [9.17, 15) is 4.79 Å². The van der Waals surface area contributed by atoms with Crippen molar-refractivity contribution < 1.29 is 9.90 Å². The molecule has 0 unspecified atom stereocenters. The van der Waals surface area contributed by atoms with Gasteiger partial charge in [-0.1, -0.05) is 6.07 Å². The fraction of sp³-hybridized carbons (Fsp3) is 0.333. The predicted octanol–water partition coefficient (Wildman–Crippen LogP) is 1.65. The Morgan fingerprint density at radius 3 is 2.94 bits per heavy atom. The molecule has 1 saturated heterocycles. The summed E-state index contributed by atoms with van der Waals surface area (Å²) in [6.45, 7) is 1.20. The summed E-state index contributed by atoms with van der Waals surface area (Å²) < 4.78 is 1.84. The van der Waals surface area contributed by atoms with Crippen LogP contribution in [0.5, 0.6) is 0 Å². The van der Waals surface area contributed by atoms with Crippen molar-refractivity contribution in [2.45, 2.75) is 5.92 Å². The van der Waals surface area contributed by atoms with Gasteiger partial charge in [-0.3, -0.25) is 4.68 Å². The third-order valence-corrected chi connectivity index (χ3v) is 3.39. The van der Waals surface area contributed by atoms with E-state index in [1.807, 2.05) is 24.0 Å². The molecule has 2 aromatic rings. The van der Waals surface area contributed by atoms with Crippen molar-refractivity contribution in [1.82, 2.24) is 14.7 Å². The Morgan fingerprint density at radius 2 is 2.24 bits per heavy atom. The van der Waals surface area contributed by atoms with E-state index in [0.717, 1.165) is 10.9 Å². The number of hydrogen-bond acceptors (Lipinski definition) is 2. The van der Waals surface area contributed by atoms with Crippen LogP contribution in [0.1, 0.15) is 11.5 Å². The standard InChI is InChI=1S/C12H13N3O2/c1-14-11-3-2-8(4-9(11)5-13-14)10-6-15(7-10)12(16)17/h2-5,10H,6-7H2,1H3,(H,16,17). The van der Waals surface area contributed by atoms with E-state index in [-0.39, 0.29) is 0 Å². The number of nitrogens with zero attached hydrogens (tertiary/aromatic N) is 3. The van der Waals surface area contributed by atoms with E-state index >= 15 is 0 Å². The van der Waals surface area contributed by atoms with Gasteiger partial charge in [0.1, 0.15) is 0 Å². The van der Waals surface area contributed by atoms with Crippen LogP contribution in [0.25, 0.3) is 10.9 Å². The number of rotatable bonds is 1. The van der Waals surface area contributed by atoms with E-state index in [0.29, 0.717) is 19.0 Å². The van der Waals surface area contributed by atoms with Gasteiger partial charge in [-0.2, -0.15) is 5.10 Å². The molecule has 3 rings (SSSR count). The lowest BCUT2D eigenvalue weighted by molar-refractivity contribution is 0.105. The first-order valence-corrected chi connectivity index (χ1v) is 5.54. The van der Waals surface area contributed by atoms with Gasteiger partial charge >= 0.3 is 6.09 Å². The molecule has 17 heavy (non-hydrogen) atoms. The first-order chi connectivity index (χ1) is 8.15. The summed E-state index contributed by atoms with van der Waals surface area (Å²) in [4.78, 5) is 12.1. The number of fused-ring (bicyclic) bond motifs is 1. The highest BCUT2D eigenvalue weighted by atomic mass is 16.4. The number of amides is 1. The highest BCUT2D eigenvalue weighted by Gasteiger charge is 2.31. The maximum atomic E-state index is 10.7. The van der Waals surface area contributed by atoms with E-state index in [1.54, 1.807) is 0 Å². The minimum atomic E-state index is -0.830. The second-order valence-corrected chi connectivity index (χ2v) is 4.47. The number of aryl methyl sites for hydroxylation is 1. The monoisotopic (exact) mass is 231 g/mol. The SMILES string of the molecule is Cn1ncc2cc(C3CN(C(=O)O)C3)ccc21. The Morgan fingerprint density at radius 1 is 1.47 bits per heavy atom. The Balaban J connectivity index is 1.85. The summed E-state index contributed by atoms with van der Waals surface area (Å²) in [5.74, 6) is 0.329. The smallest absolute Gasteiger partial charge is 0.407 e. The third-order valence-electron chi connectivity index (χ3n) is 3.39. The van der Waals surface area contributed by atoms with Gasteiger partial charge in [0.25, 0.3) is 0 Å². The molecule has 0 saturated carbocycles. The van der Waals surface area contributed by atoms with Crippen LogP contribution in [0.4, 0.5) is 4.79 Å². The zero-order valence-corrected chi connectivity index (χ0v) is 9.50. The van der Waals surface area contributed by atoms with Gasteiger partial charge in [0.2, 0.25) is 0 Å². The Labute approximate surface area is 98.3 Å². The van der Waals surface area contributed by atoms with Crippen molar-refractivity contribution in [3.8, 4) is 0 Å². The lowest BCUT2D eigenvalue weighted by Crippen LogP contribution is -2.47. The van der Waals surface area contributed by atoms with E-state index in [1.165, 1.54) is 10.5 Å². The van der Waals surface area contributed by atoms with Gasteiger partial charge in [-0.05, 0) is 17.7 Å². The molecule has 88 valence electrons. The number of carbonyl (C=O) groups is 1. The molecule has 0 aliphatic carbocycles. The molecule has 1 aromatic carbocycles. The summed E-state index contributed by atoms with van der Waals surface area (Å²) in [5, 5.41) is 14.1. The van der Waals surface area contributed by atoms with Gasteiger partial charge in [0, 0.05) is 31.4 Å². The lowest BCUT2D eigenvalue weighted by atomic mass is 9.91. The fourth-order valence-corrected chi connectivity index (χ4v) is 2.28. The second kappa shape index (κ2) is 3.48. The summed E-state index contributed by atoms with van der Waals surface area (Å²) >= 11 is 0. The largest absolute Gasteiger partial charge is 0.465 e. The van der Waals surface area contributed by atoms with E-state index in [4.69, 9.17) is 5.11 Å². The van der Waals surface area contributed by atoms with E-state index < -0.39 is 6.09 Å². The van der Waals surface area contributed by atoms with Crippen molar-refractivity contribution in [3.63, 3.8) is 0 Å². The molecule has 1 aliphatic heterocycles. The fourth-order valence-electron chi connectivity index (χ4n) is 2.28. The molecule has 1 fully saturated rings. The molecule has 0 spiro atoms. The molecule has 2 heterocycles. The normalized spacial score (nSPS) is 16.2. The predicted molar refractivity (Wildman–Crippen MR) is 63.1 cm³/mol. The number of benzene rings is 1. The van der Waals surface area contributed by atoms with E-state index in [2.05, 4.69) is 17.2 Å². The molecule has 5 nitrogen and oxygen atoms in total. The molecule has 1 aliphatic rings. The molecule has 5 heteroatoms. The van der Waals surface area contributed by atoms with Crippen LogP contribution >= 0.6 is 0 Å². The minimum Gasteiger partial charge on any atom is -0.465 e. The van der Waals surface area contributed by atoms with Crippen LogP contribution in [0.3, 0.4) is 0 Å². The van der Waals surface area contributed by atoms with Crippen molar-refractivity contribution in [2.75, 3.05) is 13.1 Å². The van der Waals surface area contributed by atoms with Gasteiger partial charge in [-0.15, -0.1) is 0 Å². The van der Waals surface area contributed by atoms with Crippen molar-refractivity contribution in [2.24, 2.45) is 7.05 Å². The van der Waals surface area contributed by atoms with Crippen LogP contribution in [-0.4, -0.2) is 39.0 Å². The molecule has 1 N–H and O–H groups in total. The zero-order valence-electron chi connectivity index (χ0n) is 9.50. The van der Waals surface area contributed by atoms with Crippen LogP contribution in [0, 0.1) is 0 Å². The first kappa shape index (κ1) is 10.1. The molecular formula is C12H13N3O2. The number of likely N-dealkylation sites (tertiary alicyclic amines) is 1. The average molecular weight is 231 g/mol. The number of hydrogen-bond donors (Lipinski definition) is 1. The molecule has 0 radical (unpaired) electrons. The second-order valence-electron chi connectivity index (χ2n) is 4.47. The van der Waals surface area contributed by atoms with Gasteiger partial charge in [0.05, 0.1) is 11.7 Å².